The van der Waals surface area contributed by atoms with Gasteiger partial charge in [-0.25, -0.2) is 4.39 Å². The van der Waals surface area contributed by atoms with Crippen LogP contribution in [0.15, 0.2) is 24.3 Å². The Balaban J connectivity index is 1.74. The summed E-state index contributed by atoms with van der Waals surface area (Å²) in [5.74, 6) is -0.227. The van der Waals surface area contributed by atoms with E-state index in [2.05, 4.69) is 4.90 Å². The predicted octanol–water partition coefficient (Wildman–Crippen LogP) is 0.898. The number of aliphatic hydroxyl groups is 1. The Morgan fingerprint density at radius 2 is 2.06 bits per heavy atom. The van der Waals surface area contributed by atoms with Gasteiger partial charge in [-0.3, -0.25) is 4.90 Å². The van der Waals surface area contributed by atoms with Crippen LogP contribution < -0.4 is 4.74 Å². The third kappa shape index (κ3) is 3.94. The molecule has 1 aliphatic rings. The first-order valence-electron chi connectivity index (χ1n) is 6.11. The van der Waals surface area contributed by atoms with Crippen molar-refractivity contribution in [3.63, 3.8) is 0 Å². The summed E-state index contributed by atoms with van der Waals surface area (Å²) in [6, 6.07) is 6.19. The van der Waals surface area contributed by atoms with Crippen LogP contribution >= 0.6 is 0 Å². The van der Waals surface area contributed by atoms with Crippen molar-refractivity contribution in [1.82, 2.24) is 4.90 Å². The SMILES string of the molecule is O[C@@H](COc1ccccc1F)CN1CCOCC1. The van der Waals surface area contributed by atoms with Crippen LogP contribution in [0.3, 0.4) is 0 Å². The molecule has 0 unspecified atom stereocenters. The lowest BCUT2D eigenvalue weighted by Crippen LogP contribution is -2.42. The monoisotopic (exact) mass is 255 g/mol. The van der Waals surface area contributed by atoms with Crippen molar-refractivity contribution in [1.29, 1.82) is 0 Å². The van der Waals surface area contributed by atoms with Gasteiger partial charge in [0.15, 0.2) is 11.6 Å². The van der Waals surface area contributed by atoms with Crippen molar-refractivity contribution in [2.24, 2.45) is 0 Å². The van der Waals surface area contributed by atoms with Crippen LogP contribution in [0.4, 0.5) is 4.39 Å². The van der Waals surface area contributed by atoms with Crippen molar-refractivity contribution < 1.29 is 19.0 Å². The number of morpholine rings is 1. The number of rotatable bonds is 5. The summed E-state index contributed by atoms with van der Waals surface area (Å²) in [5.41, 5.74) is 0. The van der Waals surface area contributed by atoms with Gasteiger partial charge in [-0.2, -0.15) is 0 Å². The molecule has 1 aromatic rings. The van der Waals surface area contributed by atoms with Crippen molar-refractivity contribution in [2.75, 3.05) is 39.5 Å². The van der Waals surface area contributed by atoms with Crippen LogP contribution in [-0.2, 0) is 4.74 Å². The van der Waals surface area contributed by atoms with Crippen LogP contribution in [0.1, 0.15) is 0 Å². The van der Waals surface area contributed by atoms with E-state index in [1.54, 1.807) is 18.2 Å². The minimum atomic E-state index is -0.622. The van der Waals surface area contributed by atoms with Gasteiger partial charge >= 0.3 is 0 Å². The van der Waals surface area contributed by atoms with Gasteiger partial charge in [0.1, 0.15) is 12.7 Å². The molecule has 1 saturated heterocycles. The number of β-amino-alcohol motifs (C(OH)–C–C–N with tert-alkyl or cyclic N) is 1. The summed E-state index contributed by atoms with van der Waals surface area (Å²) in [4.78, 5) is 2.11. The molecular weight excluding hydrogens is 237 g/mol. The Hall–Kier alpha value is -1.17. The zero-order valence-electron chi connectivity index (χ0n) is 10.2. The standard InChI is InChI=1S/C13H18FNO3/c14-12-3-1-2-4-13(12)18-10-11(16)9-15-5-7-17-8-6-15/h1-4,11,16H,5-10H2/t11-/m1/s1. The summed E-state index contributed by atoms with van der Waals surface area (Å²) in [5, 5.41) is 9.82. The van der Waals surface area contributed by atoms with E-state index >= 15 is 0 Å². The zero-order valence-corrected chi connectivity index (χ0v) is 10.2. The first kappa shape index (κ1) is 13.3. The van der Waals surface area contributed by atoms with Crippen molar-refractivity contribution >= 4 is 0 Å². The maximum Gasteiger partial charge on any atom is 0.165 e. The summed E-state index contributed by atoms with van der Waals surface area (Å²) >= 11 is 0. The fraction of sp³-hybridized carbons (Fsp3) is 0.538. The van der Waals surface area contributed by atoms with Gasteiger partial charge in [-0.15, -0.1) is 0 Å². The number of benzene rings is 1. The third-order valence-corrected chi connectivity index (χ3v) is 2.84. The molecule has 5 heteroatoms. The van der Waals surface area contributed by atoms with E-state index in [4.69, 9.17) is 9.47 Å². The molecule has 1 heterocycles. The Labute approximate surface area is 106 Å². The van der Waals surface area contributed by atoms with E-state index in [-0.39, 0.29) is 12.4 Å². The van der Waals surface area contributed by atoms with Gasteiger partial charge in [0, 0.05) is 19.6 Å². The second-order valence-corrected chi connectivity index (χ2v) is 4.31. The molecule has 100 valence electrons. The Morgan fingerprint density at radius 1 is 1.33 bits per heavy atom. The van der Waals surface area contributed by atoms with E-state index < -0.39 is 11.9 Å². The minimum absolute atomic E-state index is 0.0955. The molecule has 1 aromatic carbocycles. The van der Waals surface area contributed by atoms with Gasteiger partial charge in [-0.1, -0.05) is 12.1 Å². The molecule has 0 spiro atoms. The average Bonchev–Trinajstić information content (AvgIpc) is 2.39. The first-order valence-corrected chi connectivity index (χ1v) is 6.11. The number of hydrogen-bond donors (Lipinski definition) is 1. The summed E-state index contributed by atoms with van der Waals surface area (Å²) < 4.78 is 23.7. The van der Waals surface area contributed by atoms with Crippen LogP contribution in [0, 0.1) is 5.82 Å². The highest BCUT2D eigenvalue weighted by Crippen LogP contribution is 2.15. The lowest BCUT2D eigenvalue weighted by molar-refractivity contribution is 0.00433. The topological polar surface area (TPSA) is 41.9 Å². The van der Waals surface area contributed by atoms with E-state index in [1.165, 1.54) is 6.07 Å². The van der Waals surface area contributed by atoms with Gasteiger partial charge in [-0.05, 0) is 12.1 Å². The second kappa shape index (κ2) is 6.68. The molecular formula is C13H18FNO3. The minimum Gasteiger partial charge on any atom is -0.488 e. The van der Waals surface area contributed by atoms with Crippen LogP contribution in [-0.4, -0.2) is 55.6 Å². The number of nitrogens with zero attached hydrogens (tertiary/aromatic N) is 1. The van der Waals surface area contributed by atoms with Crippen molar-refractivity contribution in [3.05, 3.63) is 30.1 Å². The maximum absolute atomic E-state index is 13.3. The number of hydrogen-bond acceptors (Lipinski definition) is 4. The van der Waals surface area contributed by atoms with E-state index in [0.717, 1.165) is 13.1 Å². The quantitative estimate of drug-likeness (QED) is 0.848. The molecule has 1 N–H and O–H groups in total. The maximum atomic E-state index is 13.3. The van der Waals surface area contributed by atoms with E-state index in [0.29, 0.717) is 19.8 Å². The highest BCUT2D eigenvalue weighted by molar-refractivity contribution is 5.23. The molecule has 2 rings (SSSR count). The lowest BCUT2D eigenvalue weighted by Gasteiger charge is -2.28. The molecule has 1 atom stereocenters. The van der Waals surface area contributed by atoms with Crippen molar-refractivity contribution in [3.8, 4) is 5.75 Å². The fourth-order valence-electron chi connectivity index (χ4n) is 1.88. The van der Waals surface area contributed by atoms with Gasteiger partial charge in [0.05, 0.1) is 13.2 Å². The smallest absolute Gasteiger partial charge is 0.165 e. The Morgan fingerprint density at radius 3 is 2.78 bits per heavy atom. The van der Waals surface area contributed by atoms with Crippen LogP contribution in [0.5, 0.6) is 5.75 Å². The number of para-hydroxylation sites is 1. The molecule has 0 aromatic heterocycles. The molecule has 1 aliphatic heterocycles. The normalized spacial score (nSPS) is 18.6. The van der Waals surface area contributed by atoms with Crippen molar-refractivity contribution in [2.45, 2.75) is 6.10 Å². The molecule has 0 amide bonds. The largest absolute Gasteiger partial charge is 0.488 e. The highest BCUT2D eigenvalue weighted by Gasteiger charge is 2.15. The molecule has 0 radical (unpaired) electrons. The molecule has 0 aliphatic carbocycles. The number of halogens is 1. The molecule has 0 saturated carbocycles. The fourth-order valence-corrected chi connectivity index (χ4v) is 1.88. The molecule has 4 nitrogen and oxygen atoms in total. The predicted molar refractivity (Wildman–Crippen MR) is 65.2 cm³/mol. The van der Waals surface area contributed by atoms with Crippen LogP contribution in [0.2, 0.25) is 0 Å². The third-order valence-electron chi connectivity index (χ3n) is 2.84. The van der Waals surface area contributed by atoms with Gasteiger partial charge in [0.25, 0.3) is 0 Å². The number of aliphatic hydroxyl groups excluding tert-OH is 1. The van der Waals surface area contributed by atoms with Gasteiger partial charge < -0.3 is 14.6 Å². The lowest BCUT2D eigenvalue weighted by atomic mass is 10.3. The highest BCUT2D eigenvalue weighted by atomic mass is 19.1. The molecule has 0 bridgehead atoms. The zero-order chi connectivity index (χ0) is 12.8. The summed E-state index contributed by atoms with van der Waals surface area (Å²) in [7, 11) is 0. The Kier molecular flexibility index (Phi) is 4.92. The average molecular weight is 255 g/mol. The van der Waals surface area contributed by atoms with E-state index in [1.807, 2.05) is 0 Å². The van der Waals surface area contributed by atoms with Crippen LogP contribution in [0.25, 0.3) is 0 Å². The second-order valence-electron chi connectivity index (χ2n) is 4.31. The van der Waals surface area contributed by atoms with Gasteiger partial charge in [0.2, 0.25) is 0 Å². The summed E-state index contributed by atoms with van der Waals surface area (Å²) in [6.07, 6.45) is -0.622. The molecule has 1 fully saturated rings. The summed E-state index contributed by atoms with van der Waals surface area (Å²) in [6.45, 7) is 3.64. The Bertz CT molecular complexity index is 369. The number of ether oxygens (including phenoxy) is 2. The molecule has 18 heavy (non-hydrogen) atoms. The van der Waals surface area contributed by atoms with E-state index in [9.17, 15) is 9.50 Å². The first-order chi connectivity index (χ1) is 8.75.